The van der Waals surface area contributed by atoms with Crippen molar-refractivity contribution in [1.29, 1.82) is 0 Å². The maximum Gasteiger partial charge on any atom is 0.272 e. The summed E-state index contributed by atoms with van der Waals surface area (Å²) in [5.41, 5.74) is 2.47. The minimum Gasteiger partial charge on any atom is -0.395 e. The molecule has 1 N–H and O–H groups in total. The van der Waals surface area contributed by atoms with Gasteiger partial charge in [-0.1, -0.05) is 0 Å². The molecule has 0 saturated carbocycles. The minimum atomic E-state index is -0.154. The van der Waals surface area contributed by atoms with Gasteiger partial charge in [-0.05, 0) is 27.7 Å². The Morgan fingerprint density at radius 1 is 1.36 bits per heavy atom. The number of aryl methyl sites for hydroxylation is 1. The van der Waals surface area contributed by atoms with Gasteiger partial charge in [0, 0.05) is 50.7 Å². The number of aliphatic hydroxyl groups excluding tert-OH is 1. The second-order valence-corrected chi connectivity index (χ2v) is 7.88. The fourth-order valence-corrected chi connectivity index (χ4v) is 4.18. The summed E-state index contributed by atoms with van der Waals surface area (Å²) in [6.45, 7) is 11.2. The monoisotopic (exact) mass is 350 g/mol. The zero-order valence-electron chi connectivity index (χ0n) is 15.9. The maximum absolute atomic E-state index is 13.3. The molecule has 0 radical (unpaired) electrons. The third-order valence-electron chi connectivity index (χ3n) is 5.42. The van der Waals surface area contributed by atoms with Gasteiger partial charge in [0.25, 0.3) is 5.91 Å². The van der Waals surface area contributed by atoms with Gasteiger partial charge in [0.2, 0.25) is 0 Å². The Balaban J connectivity index is 1.85. The van der Waals surface area contributed by atoms with Crippen molar-refractivity contribution in [2.75, 3.05) is 32.8 Å². The van der Waals surface area contributed by atoms with Gasteiger partial charge in [-0.15, -0.1) is 0 Å². The number of aliphatic hydroxyl groups is 1. The molecule has 25 heavy (non-hydrogen) atoms. The quantitative estimate of drug-likeness (QED) is 0.880. The number of piperazine rings is 1. The van der Waals surface area contributed by atoms with E-state index >= 15 is 0 Å². The Morgan fingerprint density at radius 2 is 2.08 bits per heavy atom. The molecule has 0 aliphatic carbocycles. The van der Waals surface area contributed by atoms with E-state index in [-0.39, 0.29) is 30.3 Å². The van der Waals surface area contributed by atoms with E-state index in [0.717, 1.165) is 24.2 Å². The lowest BCUT2D eigenvalue weighted by Gasteiger charge is -2.47. The molecule has 1 aromatic heterocycles. The molecule has 1 fully saturated rings. The summed E-state index contributed by atoms with van der Waals surface area (Å²) >= 11 is 0. The third kappa shape index (κ3) is 3.32. The fourth-order valence-electron chi connectivity index (χ4n) is 4.18. The number of ether oxygens (including phenoxy) is 1. The van der Waals surface area contributed by atoms with Crippen molar-refractivity contribution in [3.8, 4) is 0 Å². The van der Waals surface area contributed by atoms with Gasteiger partial charge in [-0.2, -0.15) is 5.10 Å². The van der Waals surface area contributed by atoms with E-state index in [9.17, 15) is 9.90 Å². The first-order valence-corrected chi connectivity index (χ1v) is 9.11. The van der Waals surface area contributed by atoms with Crippen LogP contribution in [0.5, 0.6) is 0 Å². The average molecular weight is 350 g/mol. The molecule has 2 atom stereocenters. The number of carbonyl (C=O) groups excluding carboxylic acids is 1. The molecule has 1 aromatic rings. The molecule has 2 aliphatic heterocycles. The van der Waals surface area contributed by atoms with Crippen molar-refractivity contribution < 1.29 is 14.6 Å². The van der Waals surface area contributed by atoms with Gasteiger partial charge < -0.3 is 14.7 Å². The van der Waals surface area contributed by atoms with Crippen LogP contribution in [0, 0.1) is 0 Å². The molecule has 7 heteroatoms. The van der Waals surface area contributed by atoms with Crippen molar-refractivity contribution in [3.05, 3.63) is 17.0 Å². The highest BCUT2D eigenvalue weighted by Gasteiger charge is 2.38. The molecule has 0 spiro atoms. The van der Waals surface area contributed by atoms with E-state index in [1.54, 1.807) is 4.68 Å². The van der Waals surface area contributed by atoms with Crippen LogP contribution in [-0.4, -0.2) is 75.0 Å². The van der Waals surface area contributed by atoms with Crippen LogP contribution >= 0.6 is 0 Å². The van der Waals surface area contributed by atoms with Crippen LogP contribution in [0.3, 0.4) is 0 Å². The van der Waals surface area contributed by atoms with Crippen molar-refractivity contribution >= 4 is 5.91 Å². The number of nitrogens with zero attached hydrogens (tertiary/aromatic N) is 4. The second-order valence-electron chi connectivity index (χ2n) is 7.88. The number of hydrogen-bond donors (Lipinski definition) is 1. The lowest BCUT2D eigenvalue weighted by molar-refractivity contribution is -0.00737. The molecule has 0 unspecified atom stereocenters. The largest absolute Gasteiger partial charge is 0.395 e. The van der Waals surface area contributed by atoms with Crippen LogP contribution in [0.25, 0.3) is 0 Å². The first-order valence-electron chi connectivity index (χ1n) is 9.11. The normalized spacial score (nSPS) is 26.6. The summed E-state index contributed by atoms with van der Waals surface area (Å²) in [5.74, 6) is 0.0503. The van der Waals surface area contributed by atoms with E-state index in [1.165, 1.54) is 0 Å². The summed E-state index contributed by atoms with van der Waals surface area (Å²) in [4.78, 5) is 17.4. The predicted molar refractivity (Wildman–Crippen MR) is 94.5 cm³/mol. The molecule has 1 amide bonds. The summed E-state index contributed by atoms with van der Waals surface area (Å²) in [6, 6.07) is 0. The summed E-state index contributed by atoms with van der Waals surface area (Å²) in [5, 5.41) is 13.8. The minimum absolute atomic E-state index is 0.0503. The van der Waals surface area contributed by atoms with Gasteiger partial charge in [-0.3, -0.25) is 14.4 Å². The number of hydrogen-bond acceptors (Lipinski definition) is 5. The van der Waals surface area contributed by atoms with E-state index in [4.69, 9.17) is 4.74 Å². The van der Waals surface area contributed by atoms with Crippen LogP contribution < -0.4 is 0 Å². The molecule has 3 rings (SSSR count). The van der Waals surface area contributed by atoms with E-state index in [0.29, 0.717) is 25.3 Å². The highest BCUT2D eigenvalue weighted by molar-refractivity contribution is 5.94. The SMILES string of the molecule is C[C@@H]1Cc2c(nn(C)c2C(=O)N2CCN(CCO)C(C)(C)C2)[C@H](C)O1. The molecule has 2 aliphatic rings. The third-order valence-corrected chi connectivity index (χ3v) is 5.42. The lowest BCUT2D eigenvalue weighted by Crippen LogP contribution is -2.61. The summed E-state index contributed by atoms with van der Waals surface area (Å²) < 4.78 is 7.57. The van der Waals surface area contributed by atoms with Gasteiger partial charge in [0.1, 0.15) is 5.69 Å². The Labute approximate surface area is 149 Å². The Morgan fingerprint density at radius 3 is 2.72 bits per heavy atom. The molecular formula is C18H30N4O3. The van der Waals surface area contributed by atoms with E-state index in [2.05, 4.69) is 23.8 Å². The van der Waals surface area contributed by atoms with Gasteiger partial charge >= 0.3 is 0 Å². The Bertz CT molecular complexity index is 655. The average Bonchev–Trinajstić information content (AvgIpc) is 2.85. The van der Waals surface area contributed by atoms with Crippen LogP contribution in [0.15, 0.2) is 0 Å². The second kappa shape index (κ2) is 6.70. The van der Waals surface area contributed by atoms with Gasteiger partial charge in [0.15, 0.2) is 0 Å². The molecule has 140 valence electrons. The predicted octanol–water partition coefficient (Wildman–Crippen LogP) is 0.971. The first kappa shape index (κ1) is 18.4. The number of amides is 1. The molecule has 0 bridgehead atoms. The van der Waals surface area contributed by atoms with Crippen LogP contribution in [0.1, 0.15) is 55.5 Å². The van der Waals surface area contributed by atoms with E-state index < -0.39 is 0 Å². The van der Waals surface area contributed by atoms with Crippen molar-refractivity contribution in [1.82, 2.24) is 19.6 Å². The molecule has 1 saturated heterocycles. The highest BCUT2D eigenvalue weighted by atomic mass is 16.5. The molecule has 0 aromatic carbocycles. The number of fused-ring (bicyclic) bond motifs is 1. The molecule has 7 nitrogen and oxygen atoms in total. The van der Waals surface area contributed by atoms with Crippen molar-refractivity contribution in [3.63, 3.8) is 0 Å². The van der Waals surface area contributed by atoms with Crippen molar-refractivity contribution in [2.45, 2.75) is 51.9 Å². The highest BCUT2D eigenvalue weighted by Crippen LogP contribution is 2.32. The summed E-state index contributed by atoms with van der Waals surface area (Å²) in [6.07, 6.45) is 0.739. The Kier molecular flexibility index (Phi) is 4.92. The zero-order valence-corrected chi connectivity index (χ0v) is 15.9. The Hall–Kier alpha value is -1.44. The maximum atomic E-state index is 13.3. The van der Waals surface area contributed by atoms with Gasteiger partial charge in [0.05, 0.1) is 24.5 Å². The fraction of sp³-hybridized carbons (Fsp3) is 0.778. The van der Waals surface area contributed by atoms with Crippen LogP contribution in [0.2, 0.25) is 0 Å². The smallest absolute Gasteiger partial charge is 0.272 e. The summed E-state index contributed by atoms with van der Waals surface area (Å²) in [7, 11) is 1.84. The number of aromatic nitrogens is 2. The number of β-amino-alcohol motifs (C(OH)–C–C–N with tert-alkyl or cyclic N) is 1. The number of carbonyl (C=O) groups is 1. The van der Waals surface area contributed by atoms with Crippen LogP contribution in [0.4, 0.5) is 0 Å². The van der Waals surface area contributed by atoms with E-state index in [1.807, 2.05) is 25.8 Å². The molecular weight excluding hydrogens is 320 g/mol. The van der Waals surface area contributed by atoms with Crippen molar-refractivity contribution in [2.24, 2.45) is 7.05 Å². The standard InChI is InChI=1S/C18H30N4O3/c1-12-10-14-15(13(2)25-12)19-20(5)16(14)17(24)21-6-7-22(8-9-23)18(3,4)11-21/h12-13,23H,6-11H2,1-5H3/t12-,13+/m1/s1. The topological polar surface area (TPSA) is 70.8 Å². The van der Waals surface area contributed by atoms with Crippen LogP contribution in [-0.2, 0) is 18.2 Å². The lowest BCUT2D eigenvalue weighted by atomic mass is 9.96. The first-order chi connectivity index (χ1) is 11.7. The van der Waals surface area contributed by atoms with Gasteiger partial charge in [-0.25, -0.2) is 0 Å². The zero-order chi connectivity index (χ0) is 18.4. The number of rotatable bonds is 3. The molecule has 3 heterocycles.